The summed E-state index contributed by atoms with van der Waals surface area (Å²) in [6.07, 6.45) is -4.13. The largest absolute Gasteiger partial charge is 0.478 e. The van der Waals surface area contributed by atoms with Gasteiger partial charge >= 0.3 is 12.1 Å². The number of nitrogens with zero attached hydrogens (tertiary/aromatic N) is 1. The molecule has 1 heterocycles. The standard InChI is InChI=1S/C13H8ClF3N2O2/c14-7-2-1-3-8(4-7)19-11-5-10(13(15,16)17)9(6-18-11)12(20)21/h1-6H,(H,18,19)(H,20,21). The third-order valence-corrected chi connectivity index (χ3v) is 2.77. The molecule has 1 aromatic carbocycles. The number of alkyl halides is 3. The van der Waals surface area contributed by atoms with Crippen LogP contribution in [0.4, 0.5) is 24.7 Å². The third kappa shape index (κ3) is 3.63. The second-order valence-corrected chi connectivity index (χ2v) is 4.49. The van der Waals surface area contributed by atoms with Crippen molar-refractivity contribution in [3.63, 3.8) is 0 Å². The van der Waals surface area contributed by atoms with E-state index in [1.165, 1.54) is 6.07 Å². The SMILES string of the molecule is O=C(O)c1cnc(Nc2cccc(Cl)c2)cc1C(F)(F)F. The minimum Gasteiger partial charge on any atom is -0.478 e. The number of halogens is 4. The van der Waals surface area contributed by atoms with Gasteiger partial charge in [-0.05, 0) is 24.3 Å². The van der Waals surface area contributed by atoms with Gasteiger partial charge in [0, 0.05) is 16.9 Å². The molecular weight excluding hydrogens is 309 g/mol. The summed E-state index contributed by atoms with van der Waals surface area (Å²) >= 11 is 5.76. The Kier molecular flexibility index (Phi) is 4.04. The average Bonchev–Trinajstić information content (AvgIpc) is 2.37. The smallest absolute Gasteiger partial charge is 0.417 e. The van der Waals surface area contributed by atoms with Crippen molar-refractivity contribution in [1.29, 1.82) is 0 Å². The van der Waals surface area contributed by atoms with Gasteiger partial charge in [-0.1, -0.05) is 17.7 Å². The Morgan fingerprint density at radius 3 is 2.57 bits per heavy atom. The van der Waals surface area contributed by atoms with Gasteiger partial charge in [0.05, 0.1) is 11.1 Å². The van der Waals surface area contributed by atoms with E-state index in [4.69, 9.17) is 16.7 Å². The van der Waals surface area contributed by atoms with E-state index in [1.54, 1.807) is 18.2 Å². The number of aromatic nitrogens is 1. The zero-order chi connectivity index (χ0) is 15.6. The molecule has 21 heavy (non-hydrogen) atoms. The number of nitrogens with one attached hydrogen (secondary N) is 1. The number of carboxylic acids is 1. The summed E-state index contributed by atoms with van der Waals surface area (Å²) in [4.78, 5) is 14.5. The molecule has 110 valence electrons. The maximum Gasteiger partial charge on any atom is 0.417 e. The Labute approximate surface area is 122 Å². The van der Waals surface area contributed by atoms with Crippen LogP contribution < -0.4 is 5.32 Å². The summed E-state index contributed by atoms with van der Waals surface area (Å²) in [6.45, 7) is 0. The van der Waals surface area contributed by atoms with Gasteiger partial charge in [-0.2, -0.15) is 13.2 Å². The van der Waals surface area contributed by atoms with Crippen LogP contribution in [0, 0.1) is 0 Å². The molecule has 0 atom stereocenters. The number of benzene rings is 1. The highest BCUT2D eigenvalue weighted by atomic mass is 35.5. The molecule has 0 amide bonds. The van der Waals surface area contributed by atoms with Gasteiger partial charge in [0.2, 0.25) is 0 Å². The maximum atomic E-state index is 12.9. The maximum absolute atomic E-state index is 12.9. The molecule has 0 fully saturated rings. The fourth-order valence-corrected chi connectivity index (χ4v) is 1.83. The lowest BCUT2D eigenvalue weighted by Gasteiger charge is -2.12. The van der Waals surface area contributed by atoms with Gasteiger partial charge in [-0.3, -0.25) is 0 Å². The van der Waals surface area contributed by atoms with Crippen molar-refractivity contribution in [1.82, 2.24) is 4.98 Å². The summed E-state index contributed by atoms with van der Waals surface area (Å²) in [5, 5.41) is 11.8. The lowest BCUT2D eigenvalue weighted by molar-refractivity contribution is -0.138. The first-order valence-corrected chi connectivity index (χ1v) is 5.98. The zero-order valence-corrected chi connectivity index (χ0v) is 11.0. The van der Waals surface area contributed by atoms with Gasteiger partial charge in [0.15, 0.2) is 0 Å². The molecule has 2 rings (SSSR count). The van der Waals surface area contributed by atoms with E-state index in [2.05, 4.69) is 10.3 Å². The number of aromatic carboxylic acids is 1. The van der Waals surface area contributed by atoms with Crippen LogP contribution in [0.3, 0.4) is 0 Å². The number of hydrogen-bond acceptors (Lipinski definition) is 3. The Bertz CT molecular complexity index is 689. The van der Waals surface area contributed by atoms with E-state index < -0.39 is 23.3 Å². The highest BCUT2D eigenvalue weighted by Gasteiger charge is 2.36. The molecule has 0 radical (unpaired) electrons. The van der Waals surface area contributed by atoms with E-state index in [0.717, 1.165) is 0 Å². The van der Waals surface area contributed by atoms with Crippen molar-refractivity contribution in [2.45, 2.75) is 6.18 Å². The van der Waals surface area contributed by atoms with Crippen LogP contribution in [0.2, 0.25) is 5.02 Å². The zero-order valence-electron chi connectivity index (χ0n) is 10.3. The van der Waals surface area contributed by atoms with Crippen molar-refractivity contribution in [2.75, 3.05) is 5.32 Å². The summed E-state index contributed by atoms with van der Waals surface area (Å²) in [7, 11) is 0. The van der Waals surface area contributed by atoms with Crippen LogP contribution in [0.15, 0.2) is 36.5 Å². The van der Waals surface area contributed by atoms with E-state index in [9.17, 15) is 18.0 Å². The Balaban J connectivity index is 2.40. The van der Waals surface area contributed by atoms with Gasteiger partial charge in [-0.25, -0.2) is 9.78 Å². The number of hydrogen-bond donors (Lipinski definition) is 2. The Morgan fingerprint density at radius 2 is 2.00 bits per heavy atom. The van der Waals surface area contributed by atoms with E-state index in [-0.39, 0.29) is 5.82 Å². The van der Waals surface area contributed by atoms with Crippen LogP contribution in [-0.4, -0.2) is 16.1 Å². The van der Waals surface area contributed by atoms with Crippen LogP contribution in [0.1, 0.15) is 15.9 Å². The summed E-state index contributed by atoms with van der Waals surface area (Å²) in [6, 6.07) is 6.95. The number of carbonyl (C=O) groups is 1. The molecule has 0 saturated carbocycles. The molecule has 4 nitrogen and oxygen atoms in total. The van der Waals surface area contributed by atoms with Crippen molar-refractivity contribution in [3.05, 3.63) is 52.7 Å². The highest BCUT2D eigenvalue weighted by molar-refractivity contribution is 6.30. The first kappa shape index (κ1) is 15.1. The van der Waals surface area contributed by atoms with E-state index in [0.29, 0.717) is 23.0 Å². The van der Waals surface area contributed by atoms with Crippen molar-refractivity contribution >= 4 is 29.1 Å². The molecule has 0 bridgehead atoms. The van der Waals surface area contributed by atoms with Gasteiger partial charge < -0.3 is 10.4 Å². The normalized spacial score (nSPS) is 11.2. The molecule has 2 aromatic rings. The fraction of sp³-hybridized carbons (Fsp3) is 0.0769. The third-order valence-electron chi connectivity index (χ3n) is 2.54. The molecule has 0 aliphatic heterocycles. The average molecular weight is 317 g/mol. The Hall–Kier alpha value is -2.28. The lowest BCUT2D eigenvalue weighted by atomic mass is 10.1. The van der Waals surface area contributed by atoms with Gasteiger partial charge in [0.25, 0.3) is 0 Å². The molecule has 1 aromatic heterocycles. The van der Waals surface area contributed by atoms with Crippen LogP contribution in [-0.2, 0) is 6.18 Å². The predicted octanol–water partition coefficient (Wildman–Crippen LogP) is 4.20. The number of carboxylic acid groups (broad SMARTS) is 1. The molecule has 0 saturated heterocycles. The fourth-order valence-electron chi connectivity index (χ4n) is 1.64. The number of rotatable bonds is 3. The molecule has 0 aliphatic rings. The predicted molar refractivity (Wildman–Crippen MR) is 70.9 cm³/mol. The molecule has 2 N–H and O–H groups in total. The lowest BCUT2D eigenvalue weighted by Crippen LogP contribution is -2.14. The first-order valence-electron chi connectivity index (χ1n) is 5.60. The number of anilines is 2. The summed E-state index contributed by atoms with van der Waals surface area (Å²) in [5.41, 5.74) is -1.74. The minimum absolute atomic E-state index is 0.130. The number of pyridine rings is 1. The summed E-state index contributed by atoms with van der Waals surface area (Å²) in [5.74, 6) is -1.82. The quantitative estimate of drug-likeness (QED) is 0.891. The molecular formula is C13H8ClF3N2O2. The van der Waals surface area contributed by atoms with E-state index in [1.807, 2.05) is 0 Å². The van der Waals surface area contributed by atoms with Crippen molar-refractivity contribution in [3.8, 4) is 0 Å². The minimum atomic E-state index is -4.79. The highest BCUT2D eigenvalue weighted by Crippen LogP contribution is 2.33. The molecule has 8 heteroatoms. The van der Waals surface area contributed by atoms with Crippen LogP contribution in [0.25, 0.3) is 0 Å². The topological polar surface area (TPSA) is 62.2 Å². The van der Waals surface area contributed by atoms with E-state index >= 15 is 0 Å². The first-order chi connectivity index (χ1) is 9.77. The second-order valence-electron chi connectivity index (χ2n) is 4.05. The van der Waals surface area contributed by atoms with Gasteiger partial charge in [-0.15, -0.1) is 0 Å². The van der Waals surface area contributed by atoms with Crippen molar-refractivity contribution < 1.29 is 23.1 Å². The summed E-state index contributed by atoms with van der Waals surface area (Å²) < 4.78 is 38.6. The van der Waals surface area contributed by atoms with Gasteiger partial charge in [0.1, 0.15) is 5.82 Å². The molecule has 0 unspecified atom stereocenters. The van der Waals surface area contributed by atoms with Crippen LogP contribution >= 0.6 is 11.6 Å². The van der Waals surface area contributed by atoms with Crippen LogP contribution in [0.5, 0.6) is 0 Å². The molecule has 0 aliphatic carbocycles. The van der Waals surface area contributed by atoms with Crippen molar-refractivity contribution in [2.24, 2.45) is 0 Å². The molecule has 0 spiro atoms. The Morgan fingerprint density at radius 1 is 1.29 bits per heavy atom. The second kappa shape index (κ2) is 5.61. The monoisotopic (exact) mass is 316 g/mol.